The lowest BCUT2D eigenvalue weighted by molar-refractivity contribution is 0.0951. The predicted octanol–water partition coefficient (Wildman–Crippen LogP) is 4.70. The van der Waals surface area contributed by atoms with E-state index < -0.39 is 0 Å². The third-order valence-electron chi connectivity index (χ3n) is 5.38. The molecule has 1 amide bonds. The average Bonchev–Trinajstić information content (AvgIpc) is 3.35. The molecule has 0 radical (unpaired) electrons. The number of nitrogens with zero attached hydrogens (tertiary/aromatic N) is 1. The molecule has 4 rings (SSSR count). The number of rotatable bonds is 6. The highest BCUT2D eigenvalue weighted by atomic mass is 16.3. The number of H-pyrrole nitrogens is 1. The van der Waals surface area contributed by atoms with Gasteiger partial charge in [-0.3, -0.25) is 4.79 Å². The number of para-hydroxylation sites is 1. The molecule has 1 unspecified atom stereocenters. The van der Waals surface area contributed by atoms with Crippen molar-refractivity contribution in [3.05, 3.63) is 89.5 Å². The number of carbonyl (C=O) groups is 1. The number of aromatic nitrogens is 1. The van der Waals surface area contributed by atoms with Crippen molar-refractivity contribution in [2.45, 2.75) is 12.8 Å². The van der Waals surface area contributed by atoms with Crippen molar-refractivity contribution in [1.29, 1.82) is 0 Å². The van der Waals surface area contributed by atoms with Crippen LogP contribution in [-0.2, 0) is 0 Å². The van der Waals surface area contributed by atoms with Crippen LogP contribution < -0.4 is 10.2 Å². The van der Waals surface area contributed by atoms with Gasteiger partial charge in [0.05, 0.1) is 11.8 Å². The zero-order valence-electron chi connectivity index (χ0n) is 16.9. The molecule has 2 aromatic carbocycles. The molecule has 5 nitrogen and oxygen atoms in total. The topological polar surface area (TPSA) is 61.3 Å². The van der Waals surface area contributed by atoms with Crippen molar-refractivity contribution < 1.29 is 9.21 Å². The Morgan fingerprint density at radius 1 is 1.10 bits per heavy atom. The molecule has 5 heteroatoms. The van der Waals surface area contributed by atoms with Gasteiger partial charge in [-0.25, -0.2) is 0 Å². The average molecular weight is 387 g/mol. The van der Waals surface area contributed by atoms with Crippen LogP contribution in [0.4, 0.5) is 5.69 Å². The van der Waals surface area contributed by atoms with Crippen LogP contribution in [0.2, 0.25) is 0 Å². The Bertz CT molecular complexity index is 1120. The SMILES string of the molecule is Cc1occc1C(=O)NCC(c1ccc(N(C)C)cc1)c1c[nH]c2ccccc12. The summed E-state index contributed by atoms with van der Waals surface area (Å²) < 4.78 is 5.27. The van der Waals surface area contributed by atoms with Gasteiger partial charge in [0, 0.05) is 49.3 Å². The summed E-state index contributed by atoms with van der Waals surface area (Å²) in [5.74, 6) is 0.533. The monoisotopic (exact) mass is 387 g/mol. The van der Waals surface area contributed by atoms with Gasteiger partial charge in [0.2, 0.25) is 0 Å². The van der Waals surface area contributed by atoms with E-state index in [0.29, 0.717) is 17.9 Å². The van der Waals surface area contributed by atoms with Crippen molar-refractivity contribution >= 4 is 22.5 Å². The van der Waals surface area contributed by atoms with Crippen LogP contribution in [0.1, 0.15) is 33.2 Å². The lowest BCUT2D eigenvalue weighted by Crippen LogP contribution is -2.29. The summed E-state index contributed by atoms with van der Waals surface area (Å²) in [5, 5.41) is 4.26. The molecule has 29 heavy (non-hydrogen) atoms. The number of amides is 1. The van der Waals surface area contributed by atoms with Gasteiger partial charge >= 0.3 is 0 Å². The number of nitrogens with one attached hydrogen (secondary N) is 2. The summed E-state index contributed by atoms with van der Waals surface area (Å²) in [6, 6.07) is 18.4. The van der Waals surface area contributed by atoms with E-state index in [1.54, 1.807) is 19.3 Å². The molecular formula is C24H25N3O2. The Labute approximate surface area is 170 Å². The number of furan rings is 1. The number of aryl methyl sites for hydroxylation is 1. The van der Waals surface area contributed by atoms with E-state index in [-0.39, 0.29) is 11.8 Å². The largest absolute Gasteiger partial charge is 0.469 e. The minimum absolute atomic E-state index is 0.0264. The Balaban J connectivity index is 1.67. The van der Waals surface area contributed by atoms with E-state index in [2.05, 4.69) is 51.6 Å². The summed E-state index contributed by atoms with van der Waals surface area (Å²) in [7, 11) is 4.05. The van der Waals surface area contributed by atoms with E-state index in [1.165, 1.54) is 10.9 Å². The van der Waals surface area contributed by atoms with Crippen LogP contribution in [-0.4, -0.2) is 31.5 Å². The highest BCUT2D eigenvalue weighted by molar-refractivity contribution is 5.95. The number of anilines is 1. The summed E-state index contributed by atoms with van der Waals surface area (Å²) in [6.07, 6.45) is 3.59. The first-order valence-electron chi connectivity index (χ1n) is 9.70. The maximum Gasteiger partial charge on any atom is 0.254 e. The Morgan fingerprint density at radius 2 is 1.86 bits per heavy atom. The number of hydrogen-bond donors (Lipinski definition) is 2. The second-order valence-corrected chi connectivity index (χ2v) is 7.43. The van der Waals surface area contributed by atoms with Crippen LogP contribution in [0.15, 0.2) is 71.5 Å². The van der Waals surface area contributed by atoms with E-state index in [9.17, 15) is 4.79 Å². The Morgan fingerprint density at radius 3 is 2.55 bits per heavy atom. The number of benzene rings is 2. The molecule has 0 bridgehead atoms. The van der Waals surface area contributed by atoms with E-state index in [1.807, 2.05) is 32.4 Å². The molecule has 2 aromatic heterocycles. The third-order valence-corrected chi connectivity index (χ3v) is 5.38. The molecule has 0 aliphatic carbocycles. The molecule has 2 heterocycles. The first-order valence-corrected chi connectivity index (χ1v) is 9.70. The quantitative estimate of drug-likeness (QED) is 0.504. The number of fused-ring (bicyclic) bond motifs is 1. The van der Waals surface area contributed by atoms with Gasteiger partial charge in [-0.1, -0.05) is 30.3 Å². The molecule has 0 aliphatic heterocycles. The smallest absolute Gasteiger partial charge is 0.254 e. The normalized spacial score (nSPS) is 12.1. The third kappa shape index (κ3) is 3.76. The van der Waals surface area contributed by atoms with Crippen molar-refractivity contribution in [3.8, 4) is 0 Å². The van der Waals surface area contributed by atoms with Crippen LogP contribution in [0, 0.1) is 6.92 Å². The van der Waals surface area contributed by atoms with E-state index >= 15 is 0 Å². The van der Waals surface area contributed by atoms with Gasteiger partial charge in [0.25, 0.3) is 5.91 Å². The Kier molecular flexibility index (Phi) is 5.12. The first-order chi connectivity index (χ1) is 14.0. The second-order valence-electron chi connectivity index (χ2n) is 7.43. The van der Waals surface area contributed by atoms with Crippen molar-refractivity contribution in [2.24, 2.45) is 0 Å². The van der Waals surface area contributed by atoms with Crippen LogP contribution >= 0.6 is 0 Å². The van der Waals surface area contributed by atoms with E-state index in [0.717, 1.165) is 16.8 Å². The molecule has 0 spiro atoms. The van der Waals surface area contributed by atoms with Gasteiger partial charge in [0.1, 0.15) is 5.76 Å². The minimum atomic E-state index is -0.119. The lowest BCUT2D eigenvalue weighted by Gasteiger charge is -2.20. The standard InChI is InChI=1S/C24H25N3O2/c1-16-19(12-13-29-16)24(28)26-14-21(17-8-10-18(11-9-17)27(2)3)22-15-25-23-7-5-4-6-20(22)23/h4-13,15,21,25H,14H2,1-3H3,(H,26,28). The van der Waals surface area contributed by atoms with Crippen molar-refractivity contribution in [1.82, 2.24) is 10.3 Å². The fourth-order valence-corrected chi connectivity index (χ4v) is 3.70. The number of hydrogen-bond acceptors (Lipinski definition) is 3. The molecule has 0 saturated carbocycles. The summed E-state index contributed by atoms with van der Waals surface area (Å²) in [5.41, 5.74) is 5.14. The lowest BCUT2D eigenvalue weighted by atomic mass is 9.90. The fourth-order valence-electron chi connectivity index (χ4n) is 3.70. The van der Waals surface area contributed by atoms with Crippen LogP contribution in [0.3, 0.4) is 0 Å². The van der Waals surface area contributed by atoms with Gasteiger partial charge in [-0.05, 0) is 42.3 Å². The molecule has 0 aliphatic rings. The van der Waals surface area contributed by atoms with Crippen molar-refractivity contribution in [3.63, 3.8) is 0 Å². The van der Waals surface area contributed by atoms with Crippen LogP contribution in [0.25, 0.3) is 10.9 Å². The number of aromatic amines is 1. The highest BCUT2D eigenvalue weighted by Crippen LogP contribution is 2.31. The highest BCUT2D eigenvalue weighted by Gasteiger charge is 2.20. The zero-order chi connectivity index (χ0) is 20.4. The molecule has 4 aromatic rings. The van der Waals surface area contributed by atoms with Gasteiger partial charge in [-0.15, -0.1) is 0 Å². The summed E-state index contributed by atoms with van der Waals surface area (Å²) in [4.78, 5) is 18.1. The van der Waals surface area contributed by atoms with Crippen molar-refractivity contribution in [2.75, 3.05) is 25.5 Å². The van der Waals surface area contributed by atoms with Gasteiger partial charge in [-0.2, -0.15) is 0 Å². The fraction of sp³-hybridized carbons (Fsp3) is 0.208. The summed E-state index contributed by atoms with van der Waals surface area (Å²) >= 11 is 0. The minimum Gasteiger partial charge on any atom is -0.469 e. The molecule has 0 fully saturated rings. The second kappa shape index (κ2) is 7.87. The zero-order valence-corrected chi connectivity index (χ0v) is 16.9. The maximum atomic E-state index is 12.7. The van der Waals surface area contributed by atoms with Gasteiger partial charge < -0.3 is 19.6 Å². The number of carbonyl (C=O) groups excluding carboxylic acids is 1. The van der Waals surface area contributed by atoms with E-state index in [4.69, 9.17) is 4.42 Å². The molecule has 2 N–H and O–H groups in total. The van der Waals surface area contributed by atoms with Crippen LogP contribution in [0.5, 0.6) is 0 Å². The maximum absolute atomic E-state index is 12.7. The molecular weight excluding hydrogens is 362 g/mol. The molecule has 1 atom stereocenters. The predicted molar refractivity (Wildman–Crippen MR) is 117 cm³/mol. The summed E-state index contributed by atoms with van der Waals surface area (Å²) in [6.45, 7) is 2.29. The molecule has 0 saturated heterocycles. The molecule has 148 valence electrons. The van der Waals surface area contributed by atoms with Gasteiger partial charge in [0.15, 0.2) is 0 Å². The first kappa shape index (κ1) is 18.9. The Hall–Kier alpha value is -3.47.